The van der Waals surface area contributed by atoms with Gasteiger partial charge in [0.15, 0.2) is 0 Å². The van der Waals surface area contributed by atoms with Gasteiger partial charge in [-0.1, -0.05) is 0 Å². The molecule has 0 unspecified atom stereocenters. The van der Waals surface area contributed by atoms with Crippen molar-refractivity contribution in [2.24, 2.45) is 0 Å². The van der Waals surface area contributed by atoms with E-state index in [1.54, 1.807) is 0 Å². The minimum absolute atomic E-state index is 0. The van der Waals surface area contributed by atoms with Crippen LogP contribution in [0, 0.1) is 0 Å². The maximum atomic E-state index is 9.84. The smallest absolute Gasteiger partial charge is 0.747 e. The van der Waals surface area contributed by atoms with Gasteiger partial charge in [0, 0.05) is 0 Å². The van der Waals surface area contributed by atoms with Crippen molar-refractivity contribution in [3.63, 3.8) is 0 Å². The van der Waals surface area contributed by atoms with Crippen molar-refractivity contribution in [1.82, 2.24) is 4.90 Å². The number of hydrogen-bond donors (Lipinski definition) is 0. The van der Waals surface area contributed by atoms with E-state index >= 15 is 0 Å². The fourth-order valence-electron chi connectivity index (χ4n) is 0.316. The van der Waals surface area contributed by atoms with Gasteiger partial charge in [0.1, 0.15) is 10.1 Å². The van der Waals surface area contributed by atoms with Gasteiger partial charge in [-0.05, 0) is 14.1 Å². The predicted octanol–water partition coefficient (Wildman–Crippen LogP) is -3.95. The summed E-state index contributed by atoms with van der Waals surface area (Å²) in [6.45, 7) is 0. The second kappa shape index (κ2) is 4.65. The third kappa shape index (κ3) is 12.1. The average Bonchev–Trinajstić information content (AvgIpc) is 1.21. The Balaban J connectivity index is 0. The second-order valence-electron chi connectivity index (χ2n) is 1.77. The van der Waals surface area contributed by atoms with Crippen LogP contribution in [0.1, 0.15) is 0 Å². The summed E-state index contributed by atoms with van der Waals surface area (Å²) in [6.07, 6.45) is 0. The van der Waals surface area contributed by atoms with Gasteiger partial charge in [-0.25, -0.2) is 8.42 Å². The van der Waals surface area contributed by atoms with Gasteiger partial charge in [0.25, 0.3) is 0 Å². The first kappa shape index (κ1) is 12.5. The number of nitrogens with zero attached hydrogens (tertiary/aromatic N) is 1. The summed E-state index contributed by atoms with van der Waals surface area (Å²) in [5, 5.41) is 0. The molecule has 0 heterocycles. The first-order valence-corrected chi connectivity index (χ1v) is 3.58. The molecule has 0 aliphatic rings. The summed E-state index contributed by atoms with van der Waals surface area (Å²) in [6, 6.07) is 0. The summed E-state index contributed by atoms with van der Waals surface area (Å²) in [4.78, 5) is 1.31. The number of hydrogen-bond acceptors (Lipinski definition) is 4. The molecule has 9 heavy (non-hydrogen) atoms. The molecule has 0 N–H and O–H groups in total. The van der Waals surface area contributed by atoms with E-state index in [1.165, 1.54) is 19.0 Å². The standard InChI is InChI=1S/C3H9NO3S.Na/c1-4(2)3-8(5,6)7;/h3H2,1-2H3,(H,5,6,7);/q;+1/p-1. The summed E-state index contributed by atoms with van der Waals surface area (Å²) in [5.41, 5.74) is 0. The summed E-state index contributed by atoms with van der Waals surface area (Å²) in [7, 11) is -1.00. The molecule has 0 amide bonds. The molecule has 0 aliphatic carbocycles. The molecule has 50 valence electrons. The normalized spacial score (nSPS) is 11.1. The Morgan fingerprint density at radius 3 is 1.78 bits per heavy atom. The SMILES string of the molecule is CN(C)CS(=O)(=O)[O-].[Na+]. The first-order chi connectivity index (χ1) is 3.42. The summed E-state index contributed by atoms with van der Waals surface area (Å²) in [5.74, 6) is -0.424. The maximum absolute atomic E-state index is 9.84. The van der Waals surface area contributed by atoms with E-state index < -0.39 is 16.0 Å². The van der Waals surface area contributed by atoms with Crippen LogP contribution in [0.5, 0.6) is 0 Å². The van der Waals surface area contributed by atoms with Crippen molar-refractivity contribution in [1.29, 1.82) is 0 Å². The predicted molar refractivity (Wildman–Crippen MR) is 28.3 cm³/mol. The molecule has 0 aromatic heterocycles. The molecule has 0 saturated carbocycles. The Labute approximate surface area is 77.3 Å². The Morgan fingerprint density at radius 2 is 1.78 bits per heavy atom. The van der Waals surface area contributed by atoms with Crippen LogP contribution in [0.25, 0.3) is 0 Å². The van der Waals surface area contributed by atoms with Crippen molar-refractivity contribution in [2.75, 3.05) is 20.0 Å². The molecule has 4 nitrogen and oxygen atoms in total. The van der Waals surface area contributed by atoms with Gasteiger partial charge >= 0.3 is 29.6 Å². The number of rotatable bonds is 2. The zero-order valence-corrected chi connectivity index (χ0v) is 8.60. The Morgan fingerprint density at radius 1 is 1.44 bits per heavy atom. The first-order valence-electron chi connectivity index (χ1n) is 2.00. The van der Waals surface area contributed by atoms with E-state index in [2.05, 4.69) is 0 Å². The molecule has 0 bridgehead atoms. The van der Waals surface area contributed by atoms with Crippen LogP contribution in [-0.2, 0) is 10.1 Å². The zero-order valence-electron chi connectivity index (χ0n) is 5.79. The Kier molecular flexibility index (Phi) is 6.48. The second-order valence-corrected chi connectivity index (χ2v) is 3.14. The molecule has 0 rings (SSSR count). The minimum Gasteiger partial charge on any atom is -0.747 e. The fraction of sp³-hybridized carbons (Fsp3) is 1.00. The maximum Gasteiger partial charge on any atom is 1.00 e. The average molecular weight is 161 g/mol. The Bertz CT molecular complexity index is 152. The molecular weight excluding hydrogens is 153 g/mol. The van der Waals surface area contributed by atoms with E-state index in [1.807, 2.05) is 0 Å². The van der Waals surface area contributed by atoms with Gasteiger partial charge in [0.05, 0.1) is 5.88 Å². The molecule has 0 atom stereocenters. The molecule has 0 spiro atoms. The third-order valence-electron chi connectivity index (χ3n) is 0.416. The van der Waals surface area contributed by atoms with Crippen molar-refractivity contribution in [3.05, 3.63) is 0 Å². The summed E-state index contributed by atoms with van der Waals surface area (Å²) >= 11 is 0. The molecule has 0 aromatic rings. The topological polar surface area (TPSA) is 60.4 Å². The minimum atomic E-state index is -4.05. The quantitative estimate of drug-likeness (QED) is 0.306. The Hall–Kier alpha value is 0.870. The van der Waals surface area contributed by atoms with Crippen LogP contribution >= 0.6 is 0 Å². The van der Waals surface area contributed by atoms with Gasteiger partial charge < -0.3 is 4.55 Å². The molecule has 0 radical (unpaired) electrons. The zero-order chi connectivity index (χ0) is 6.78. The van der Waals surface area contributed by atoms with Crippen molar-refractivity contribution < 1.29 is 42.5 Å². The molecular formula is C3H8NNaO3S. The molecule has 6 heteroatoms. The molecule has 0 fully saturated rings. The van der Waals surface area contributed by atoms with Crippen LogP contribution in [0.2, 0.25) is 0 Å². The molecule has 0 saturated heterocycles. The molecule has 0 aromatic carbocycles. The largest absolute Gasteiger partial charge is 1.00 e. The molecule has 0 aliphatic heterocycles. The van der Waals surface area contributed by atoms with Gasteiger partial charge in [-0.3, -0.25) is 4.90 Å². The van der Waals surface area contributed by atoms with Crippen LogP contribution in [0.4, 0.5) is 0 Å². The van der Waals surface area contributed by atoms with Crippen molar-refractivity contribution in [2.45, 2.75) is 0 Å². The van der Waals surface area contributed by atoms with Crippen molar-refractivity contribution in [3.8, 4) is 0 Å². The van der Waals surface area contributed by atoms with Gasteiger partial charge in [0.2, 0.25) is 0 Å². The van der Waals surface area contributed by atoms with Gasteiger partial charge in [-0.15, -0.1) is 0 Å². The van der Waals surface area contributed by atoms with E-state index in [4.69, 9.17) is 0 Å². The van der Waals surface area contributed by atoms with E-state index in [9.17, 15) is 13.0 Å². The van der Waals surface area contributed by atoms with Crippen LogP contribution < -0.4 is 29.6 Å². The van der Waals surface area contributed by atoms with Gasteiger partial charge in [-0.2, -0.15) is 0 Å². The van der Waals surface area contributed by atoms with Crippen LogP contribution in [-0.4, -0.2) is 37.8 Å². The third-order valence-corrected chi connectivity index (χ3v) is 1.25. The monoisotopic (exact) mass is 161 g/mol. The summed E-state index contributed by atoms with van der Waals surface area (Å²) < 4.78 is 29.5. The van der Waals surface area contributed by atoms with Crippen LogP contribution in [0.15, 0.2) is 0 Å². The van der Waals surface area contributed by atoms with Crippen molar-refractivity contribution >= 4 is 10.1 Å². The van der Waals surface area contributed by atoms with Crippen LogP contribution in [0.3, 0.4) is 0 Å². The van der Waals surface area contributed by atoms with E-state index in [0.717, 1.165) is 0 Å². The van der Waals surface area contributed by atoms with E-state index in [-0.39, 0.29) is 29.6 Å². The fourth-order valence-corrected chi connectivity index (χ4v) is 0.949. The van der Waals surface area contributed by atoms with E-state index in [0.29, 0.717) is 0 Å².